The molecule has 0 radical (unpaired) electrons. The minimum Gasteiger partial charge on any atom is -0.356 e. The molecule has 0 aliphatic carbocycles. The highest BCUT2D eigenvalue weighted by molar-refractivity contribution is 5.75. The van der Waals surface area contributed by atoms with Gasteiger partial charge in [0.25, 0.3) is 0 Å². The van der Waals surface area contributed by atoms with E-state index in [0.29, 0.717) is 12.3 Å². The van der Waals surface area contributed by atoms with Gasteiger partial charge >= 0.3 is 0 Å². The third-order valence-electron chi connectivity index (χ3n) is 5.01. The van der Waals surface area contributed by atoms with Crippen LogP contribution in [-0.2, 0) is 17.8 Å². The predicted octanol–water partition coefficient (Wildman–Crippen LogP) is 2.90. The van der Waals surface area contributed by atoms with Crippen LogP contribution in [0, 0.1) is 11.7 Å². The molecule has 0 atom stereocenters. The molecule has 2 aromatic rings. The second kappa shape index (κ2) is 9.48. The van der Waals surface area contributed by atoms with Gasteiger partial charge in [-0.15, -0.1) is 0 Å². The number of amides is 1. The first-order chi connectivity index (χ1) is 12.7. The van der Waals surface area contributed by atoms with Crippen LogP contribution in [0.15, 0.2) is 36.7 Å². The Morgan fingerprint density at radius 1 is 1.27 bits per heavy atom. The Morgan fingerprint density at radius 2 is 2.04 bits per heavy atom. The van der Waals surface area contributed by atoms with Crippen LogP contribution in [0.5, 0.6) is 0 Å². The lowest BCUT2D eigenvalue weighted by Gasteiger charge is -2.31. The van der Waals surface area contributed by atoms with Crippen molar-refractivity contribution in [3.05, 3.63) is 53.9 Å². The Bertz CT molecular complexity index is 664. The summed E-state index contributed by atoms with van der Waals surface area (Å²) in [6.45, 7) is 3.73. The van der Waals surface area contributed by atoms with Gasteiger partial charge in [-0.2, -0.15) is 0 Å². The number of aromatic nitrogens is 2. The van der Waals surface area contributed by atoms with Crippen molar-refractivity contribution in [3.8, 4) is 0 Å². The number of halogens is 1. The topological polar surface area (TPSA) is 61.0 Å². The van der Waals surface area contributed by atoms with Gasteiger partial charge in [0.15, 0.2) is 0 Å². The van der Waals surface area contributed by atoms with Crippen LogP contribution in [0.2, 0.25) is 0 Å². The summed E-state index contributed by atoms with van der Waals surface area (Å²) in [6.07, 6.45) is 7.97. The lowest BCUT2D eigenvalue weighted by atomic mass is 9.96. The molecule has 1 aliphatic rings. The summed E-state index contributed by atoms with van der Waals surface area (Å²) in [5.41, 5.74) is 1.07. The van der Waals surface area contributed by atoms with E-state index in [1.807, 2.05) is 6.20 Å². The van der Waals surface area contributed by atoms with E-state index < -0.39 is 0 Å². The zero-order chi connectivity index (χ0) is 18.2. The van der Waals surface area contributed by atoms with E-state index in [0.717, 1.165) is 63.3 Å². The maximum absolute atomic E-state index is 12.9. The third kappa shape index (κ3) is 5.95. The number of H-pyrrole nitrogens is 1. The number of nitrogens with one attached hydrogen (secondary N) is 2. The fourth-order valence-corrected chi connectivity index (χ4v) is 3.40. The normalized spacial score (nSPS) is 15.9. The zero-order valence-electron chi connectivity index (χ0n) is 15.1. The number of aromatic amines is 1. The maximum atomic E-state index is 12.9. The van der Waals surface area contributed by atoms with Crippen LogP contribution in [-0.4, -0.2) is 40.4 Å². The van der Waals surface area contributed by atoms with Crippen LogP contribution < -0.4 is 5.32 Å². The van der Waals surface area contributed by atoms with Crippen molar-refractivity contribution in [1.82, 2.24) is 20.2 Å². The van der Waals surface area contributed by atoms with Crippen molar-refractivity contribution < 1.29 is 9.18 Å². The molecule has 5 nitrogen and oxygen atoms in total. The van der Waals surface area contributed by atoms with E-state index in [4.69, 9.17) is 0 Å². The van der Waals surface area contributed by atoms with Gasteiger partial charge in [-0.25, -0.2) is 9.37 Å². The first-order valence-electron chi connectivity index (χ1n) is 9.41. The first-order valence-corrected chi connectivity index (χ1v) is 9.41. The summed E-state index contributed by atoms with van der Waals surface area (Å²) in [6, 6.07) is 6.49. The van der Waals surface area contributed by atoms with Gasteiger partial charge < -0.3 is 10.3 Å². The standard InChI is InChI=1S/C20H27FN4O/c21-18-6-4-16(5-7-18)2-1-3-20(26)24-14-17-8-12-25(13-9-17)15-19-22-10-11-23-19/h4-7,10-11,17H,1-3,8-9,12-15H2,(H,22,23)(H,24,26). The van der Waals surface area contributed by atoms with Crippen molar-refractivity contribution in [2.45, 2.75) is 38.6 Å². The molecule has 3 rings (SSSR count). The highest BCUT2D eigenvalue weighted by Gasteiger charge is 2.20. The van der Waals surface area contributed by atoms with Crippen molar-refractivity contribution in [1.29, 1.82) is 0 Å². The molecule has 1 aromatic carbocycles. The molecule has 6 heteroatoms. The molecule has 0 spiro atoms. The SMILES string of the molecule is O=C(CCCc1ccc(F)cc1)NCC1CCN(Cc2ncc[nH]2)CC1. The fraction of sp³-hybridized carbons (Fsp3) is 0.500. The second-order valence-corrected chi connectivity index (χ2v) is 7.04. The van der Waals surface area contributed by atoms with E-state index in [9.17, 15) is 9.18 Å². The molecule has 2 heterocycles. The molecule has 1 saturated heterocycles. The van der Waals surface area contributed by atoms with E-state index in [-0.39, 0.29) is 11.7 Å². The van der Waals surface area contributed by atoms with Gasteiger partial charge in [-0.3, -0.25) is 9.69 Å². The third-order valence-corrected chi connectivity index (χ3v) is 5.01. The molecular formula is C20H27FN4O. The Labute approximate surface area is 154 Å². The van der Waals surface area contributed by atoms with Crippen LogP contribution >= 0.6 is 0 Å². The Hall–Kier alpha value is -2.21. The fourth-order valence-electron chi connectivity index (χ4n) is 3.40. The largest absolute Gasteiger partial charge is 0.356 e. The molecular weight excluding hydrogens is 331 g/mol. The molecule has 26 heavy (non-hydrogen) atoms. The van der Waals surface area contributed by atoms with Crippen LogP contribution in [0.3, 0.4) is 0 Å². The Kier molecular flexibility index (Phi) is 6.77. The van der Waals surface area contributed by atoms with Gasteiger partial charge in [0.05, 0.1) is 6.54 Å². The van der Waals surface area contributed by atoms with E-state index in [2.05, 4.69) is 20.2 Å². The number of hydrogen-bond acceptors (Lipinski definition) is 3. The number of benzene rings is 1. The lowest BCUT2D eigenvalue weighted by molar-refractivity contribution is -0.121. The van der Waals surface area contributed by atoms with E-state index in [1.54, 1.807) is 18.3 Å². The van der Waals surface area contributed by atoms with Crippen molar-refractivity contribution in [3.63, 3.8) is 0 Å². The average molecular weight is 358 g/mol. The van der Waals surface area contributed by atoms with Crippen molar-refractivity contribution >= 4 is 5.91 Å². The zero-order valence-corrected chi connectivity index (χ0v) is 15.1. The quantitative estimate of drug-likeness (QED) is 0.763. The number of imidazole rings is 1. The van der Waals surface area contributed by atoms with Gasteiger partial charge in [-0.05, 0) is 62.4 Å². The number of hydrogen-bond donors (Lipinski definition) is 2. The second-order valence-electron chi connectivity index (χ2n) is 7.04. The Morgan fingerprint density at radius 3 is 2.73 bits per heavy atom. The van der Waals surface area contributed by atoms with Crippen LogP contribution in [0.1, 0.15) is 37.1 Å². The number of aryl methyl sites for hydroxylation is 1. The summed E-state index contributed by atoms with van der Waals surface area (Å²) in [5, 5.41) is 3.07. The van der Waals surface area contributed by atoms with Crippen molar-refractivity contribution in [2.75, 3.05) is 19.6 Å². The molecule has 1 aliphatic heterocycles. The molecule has 1 fully saturated rings. The van der Waals surface area contributed by atoms with Gasteiger partial charge in [-0.1, -0.05) is 12.1 Å². The smallest absolute Gasteiger partial charge is 0.220 e. The molecule has 140 valence electrons. The number of likely N-dealkylation sites (tertiary alicyclic amines) is 1. The predicted molar refractivity (Wildman–Crippen MR) is 98.9 cm³/mol. The summed E-state index contributed by atoms with van der Waals surface area (Å²) < 4.78 is 12.9. The minimum atomic E-state index is -0.221. The molecule has 0 unspecified atom stereocenters. The Balaban J connectivity index is 1.27. The first kappa shape index (κ1) is 18.6. The molecule has 1 aromatic heterocycles. The summed E-state index contributed by atoms with van der Waals surface area (Å²) in [7, 11) is 0. The number of nitrogens with zero attached hydrogens (tertiary/aromatic N) is 2. The number of carbonyl (C=O) groups is 1. The minimum absolute atomic E-state index is 0.116. The maximum Gasteiger partial charge on any atom is 0.220 e. The van der Waals surface area contributed by atoms with E-state index in [1.165, 1.54) is 12.1 Å². The summed E-state index contributed by atoms with van der Waals surface area (Å²) >= 11 is 0. The average Bonchev–Trinajstić information content (AvgIpc) is 3.16. The highest BCUT2D eigenvalue weighted by atomic mass is 19.1. The summed E-state index contributed by atoms with van der Waals surface area (Å²) in [4.78, 5) is 21.8. The number of carbonyl (C=O) groups excluding carboxylic acids is 1. The van der Waals surface area contributed by atoms with Crippen LogP contribution in [0.25, 0.3) is 0 Å². The monoisotopic (exact) mass is 358 g/mol. The van der Waals surface area contributed by atoms with Gasteiger partial charge in [0.2, 0.25) is 5.91 Å². The van der Waals surface area contributed by atoms with Crippen LogP contribution in [0.4, 0.5) is 4.39 Å². The lowest BCUT2D eigenvalue weighted by Crippen LogP contribution is -2.38. The highest BCUT2D eigenvalue weighted by Crippen LogP contribution is 2.17. The molecule has 1 amide bonds. The van der Waals surface area contributed by atoms with E-state index >= 15 is 0 Å². The van der Waals surface area contributed by atoms with Gasteiger partial charge in [0.1, 0.15) is 11.6 Å². The molecule has 0 bridgehead atoms. The summed E-state index contributed by atoms with van der Waals surface area (Å²) in [5.74, 6) is 1.47. The molecule has 0 saturated carbocycles. The number of rotatable bonds is 8. The van der Waals surface area contributed by atoms with Gasteiger partial charge in [0, 0.05) is 25.4 Å². The molecule has 2 N–H and O–H groups in total. The number of piperidine rings is 1. The van der Waals surface area contributed by atoms with Crippen molar-refractivity contribution in [2.24, 2.45) is 5.92 Å².